The van der Waals surface area contributed by atoms with Crippen molar-refractivity contribution < 1.29 is 20.4 Å². The molecule has 0 saturated heterocycles. The Bertz CT molecular complexity index is 2610. The normalized spacial score (nSPS) is 10.3. The molecule has 80 heavy (non-hydrogen) atoms. The van der Waals surface area contributed by atoms with Gasteiger partial charge in [-0.1, -0.05) is 364 Å². The molecule has 0 unspecified atom stereocenters. The summed E-state index contributed by atoms with van der Waals surface area (Å²) in [5, 5.41) is 17.7. The van der Waals surface area contributed by atoms with Gasteiger partial charge in [-0.15, -0.1) is 0 Å². The van der Waals surface area contributed by atoms with E-state index < -0.39 is 31.7 Å². The zero-order valence-electron chi connectivity index (χ0n) is 44.1. The molecular formula is C73H61Cl2P4Pd-. The van der Waals surface area contributed by atoms with Gasteiger partial charge in [-0.05, 0) is 95.3 Å². The molecule has 0 fully saturated rings. The molecular weight excluding hydrogens is 1180 g/mol. The van der Waals surface area contributed by atoms with Crippen molar-refractivity contribution in [3.63, 3.8) is 0 Å². The van der Waals surface area contributed by atoms with Crippen molar-refractivity contribution in [3.05, 3.63) is 369 Å². The van der Waals surface area contributed by atoms with Crippen LogP contribution in [0.25, 0.3) is 0 Å². The minimum Gasteiger partial charge on any atom is -0.333 e. The molecule has 0 N–H and O–H groups in total. The quantitative estimate of drug-likeness (QED) is 0.0650. The number of benzene rings is 12. The average molecular weight is 1240 g/mol. The zero-order chi connectivity index (χ0) is 54.4. The molecule has 0 nitrogen and oxygen atoms in total. The van der Waals surface area contributed by atoms with Crippen molar-refractivity contribution in [2.24, 2.45) is 0 Å². The first kappa shape index (κ1) is 61.2. The van der Waals surface area contributed by atoms with E-state index in [1.165, 1.54) is 63.7 Å². The smallest absolute Gasteiger partial charge is 0 e. The molecule has 0 aliphatic carbocycles. The summed E-state index contributed by atoms with van der Waals surface area (Å²) in [6, 6.07) is 129. The third kappa shape index (κ3) is 18.9. The Morgan fingerprint density at radius 2 is 0.212 bits per heavy atom. The molecule has 0 saturated carbocycles. The Balaban J connectivity index is 0.000000151. The van der Waals surface area contributed by atoms with Crippen LogP contribution in [0, 0.1) is 5.34 Å². The van der Waals surface area contributed by atoms with Gasteiger partial charge < -0.3 is 23.2 Å². The topological polar surface area (TPSA) is 0 Å². The summed E-state index contributed by atoms with van der Waals surface area (Å²) in [5.74, 6) is 0. The number of hydrogen-bond acceptors (Lipinski definition) is 0. The van der Waals surface area contributed by atoms with Crippen molar-refractivity contribution >= 4 is 119 Å². The Kier molecular flexibility index (Phi) is 27.1. The van der Waals surface area contributed by atoms with Gasteiger partial charge in [0.15, 0.2) is 0 Å². The third-order valence-corrected chi connectivity index (χ3v) is 21.9. The largest absolute Gasteiger partial charge is 0.333 e. The maximum absolute atomic E-state index is 4.64. The first-order valence-electron chi connectivity index (χ1n) is 26.0. The van der Waals surface area contributed by atoms with Gasteiger partial charge in [0.05, 0.1) is 0 Å². The monoisotopic (exact) mass is 1240 g/mol. The van der Waals surface area contributed by atoms with Crippen LogP contribution < -0.4 is 63.7 Å². The maximum Gasteiger partial charge on any atom is 0 e. The Hall–Kier alpha value is -6.40. The SMILES string of the molecule is Cl[CH-]Cl.[Pd].c1ccc(P(c2ccccc2)c2ccccc2)cc1.c1ccc(P(c2ccccc2)c2ccccc2)cc1.c1ccc(P(c2ccccc2)c2ccccc2)cc1.c1ccc(P(c2ccccc2)c2ccccc2)cc1. The molecule has 12 aromatic rings. The van der Waals surface area contributed by atoms with Crippen LogP contribution in [0.5, 0.6) is 0 Å². The third-order valence-electron chi connectivity index (χ3n) is 12.2. The number of halogens is 2. The molecule has 0 atom stereocenters. The summed E-state index contributed by atoms with van der Waals surface area (Å²) in [6.07, 6.45) is 0. The standard InChI is InChI=1S/4C18H15P.CHCl2.Pd/c4*1-4-10-16(11-5-1)19(17-12-6-2-7-13-17)18-14-8-3-9-15-18;2-1-3;/h4*1-15H;1H;/q;;;;-1;. The maximum atomic E-state index is 4.64. The second kappa shape index (κ2) is 35.4. The molecule has 0 amide bonds. The van der Waals surface area contributed by atoms with E-state index in [-0.39, 0.29) is 20.4 Å². The minimum absolute atomic E-state index is 0. The second-order valence-electron chi connectivity index (χ2n) is 17.5. The molecule has 0 aliphatic heterocycles. The summed E-state index contributed by atoms with van der Waals surface area (Å²) < 4.78 is 0. The van der Waals surface area contributed by atoms with Crippen LogP contribution in [0.3, 0.4) is 0 Å². The Morgan fingerprint density at radius 3 is 0.275 bits per heavy atom. The molecule has 12 aromatic carbocycles. The van der Waals surface area contributed by atoms with Gasteiger partial charge in [0.2, 0.25) is 0 Å². The predicted octanol–water partition coefficient (Wildman–Crippen LogP) is 15.4. The summed E-state index contributed by atoms with van der Waals surface area (Å²) in [4.78, 5) is 0. The Morgan fingerprint density at radius 1 is 0.150 bits per heavy atom. The first-order valence-corrected chi connectivity index (χ1v) is 32.3. The van der Waals surface area contributed by atoms with E-state index >= 15 is 0 Å². The molecule has 7 heteroatoms. The zero-order valence-corrected chi connectivity index (χ0v) is 50.7. The van der Waals surface area contributed by atoms with Crippen LogP contribution in [-0.4, -0.2) is 0 Å². The van der Waals surface area contributed by atoms with E-state index in [1.54, 1.807) is 0 Å². The van der Waals surface area contributed by atoms with Crippen molar-refractivity contribution in [1.82, 2.24) is 0 Å². The summed E-state index contributed by atoms with van der Waals surface area (Å²) in [6.45, 7) is 0. The van der Waals surface area contributed by atoms with Gasteiger partial charge in [-0.2, -0.15) is 5.34 Å². The van der Waals surface area contributed by atoms with Gasteiger partial charge in [0.1, 0.15) is 0 Å². The summed E-state index contributed by atoms with van der Waals surface area (Å²) >= 11 is 9.28. The molecule has 0 spiro atoms. The fourth-order valence-electron chi connectivity index (χ4n) is 8.71. The van der Waals surface area contributed by atoms with Crippen LogP contribution in [0.15, 0.2) is 364 Å². The van der Waals surface area contributed by atoms with E-state index in [9.17, 15) is 0 Å². The van der Waals surface area contributed by atoms with E-state index in [0.29, 0.717) is 0 Å². The van der Waals surface area contributed by atoms with Crippen molar-refractivity contribution in [1.29, 1.82) is 0 Å². The Labute approximate surface area is 504 Å². The van der Waals surface area contributed by atoms with Gasteiger partial charge in [0, 0.05) is 20.4 Å². The minimum atomic E-state index is -0.446. The van der Waals surface area contributed by atoms with Crippen LogP contribution in [0.1, 0.15) is 0 Å². The first-order chi connectivity index (χ1) is 39.2. The second-order valence-corrected chi connectivity index (χ2v) is 27.0. The van der Waals surface area contributed by atoms with Crippen molar-refractivity contribution in [2.45, 2.75) is 0 Å². The van der Waals surface area contributed by atoms with Crippen LogP contribution in [0.2, 0.25) is 0 Å². The van der Waals surface area contributed by atoms with E-state index in [0.717, 1.165) is 5.34 Å². The molecule has 0 bridgehead atoms. The summed E-state index contributed by atoms with van der Waals surface area (Å²) in [5.41, 5.74) is 0. The number of hydrogen-bond donors (Lipinski definition) is 0. The fraction of sp³-hybridized carbons (Fsp3) is 0. The predicted molar refractivity (Wildman–Crippen MR) is 357 cm³/mol. The molecule has 0 radical (unpaired) electrons. The van der Waals surface area contributed by atoms with Crippen LogP contribution in [0.4, 0.5) is 0 Å². The van der Waals surface area contributed by atoms with Gasteiger partial charge in [0.25, 0.3) is 0 Å². The van der Waals surface area contributed by atoms with E-state index in [2.05, 4.69) is 387 Å². The fourth-order valence-corrected chi connectivity index (χ4v) is 17.9. The van der Waals surface area contributed by atoms with Gasteiger partial charge in [-0.3, -0.25) is 0 Å². The molecule has 0 aromatic heterocycles. The van der Waals surface area contributed by atoms with Crippen molar-refractivity contribution in [3.8, 4) is 0 Å². The average Bonchev–Trinajstić information content (AvgIpc) is 3.54. The van der Waals surface area contributed by atoms with Crippen LogP contribution >= 0.6 is 54.9 Å². The molecule has 12 rings (SSSR count). The van der Waals surface area contributed by atoms with Crippen LogP contribution in [-0.2, 0) is 20.4 Å². The number of rotatable bonds is 12. The van der Waals surface area contributed by atoms with Gasteiger partial charge >= 0.3 is 0 Å². The van der Waals surface area contributed by atoms with E-state index in [1.807, 2.05) is 0 Å². The van der Waals surface area contributed by atoms with Gasteiger partial charge in [-0.25, -0.2) is 0 Å². The summed E-state index contributed by atoms with van der Waals surface area (Å²) in [7, 11) is -1.78. The molecule has 398 valence electrons. The molecule has 0 aliphatic rings. The van der Waals surface area contributed by atoms with E-state index in [4.69, 9.17) is 0 Å². The van der Waals surface area contributed by atoms with Crippen molar-refractivity contribution in [2.75, 3.05) is 0 Å². The molecule has 0 heterocycles.